The number of carbonyl (C=O) groups is 3. The number of ether oxygens (including phenoxy) is 1. The number of amides is 4. The van der Waals surface area contributed by atoms with Crippen LogP contribution in [0.4, 0.5) is 14.9 Å². The van der Waals surface area contributed by atoms with Gasteiger partial charge in [0.15, 0.2) is 6.10 Å². The maximum atomic E-state index is 13.4. The Morgan fingerprint density at radius 2 is 2.03 bits per heavy atom. The number of furan rings is 1. The van der Waals surface area contributed by atoms with Crippen molar-refractivity contribution in [2.45, 2.75) is 50.5 Å². The highest BCUT2D eigenvalue weighted by Crippen LogP contribution is 2.43. The number of halogens is 2. The van der Waals surface area contributed by atoms with E-state index in [-0.39, 0.29) is 30.1 Å². The molecule has 0 bridgehead atoms. The highest BCUT2D eigenvalue weighted by atomic mass is 35.5. The predicted octanol–water partition coefficient (Wildman–Crippen LogP) is 3.80. The summed E-state index contributed by atoms with van der Waals surface area (Å²) in [5.41, 5.74) is 0.314. The number of carbonyl (C=O) groups excluding carboxylic acids is 3. The van der Waals surface area contributed by atoms with Crippen molar-refractivity contribution in [3.05, 3.63) is 53.2 Å². The highest BCUT2D eigenvalue weighted by molar-refractivity contribution is 6.31. The smallest absolute Gasteiger partial charge is 0.328 e. The van der Waals surface area contributed by atoms with Gasteiger partial charge in [0, 0.05) is 11.6 Å². The Kier molecular flexibility index (Phi) is 5.84. The quantitative estimate of drug-likeness (QED) is 0.710. The second-order valence-corrected chi connectivity index (χ2v) is 9.03. The fraction of sp³-hybridized carbons (Fsp3) is 0.435. The number of imide groups is 1. The Labute approximate surface area is 194 Å². The molecule has 0 radical (unpaired) electrons. The van der Waals surface area contributed by atoms with Gasteiger partial charge in [-0.3, -0.25) is 14.5 Å². The molecule has 1 aliphatic carbocycles. The Morgan fingerprint density at radius 3 is 2.79 bits per heavy atom. The molecule has 1 aromatic carbocycles. The first kappa shape index (κ1) is 21.9. The first-order valence-corrected chi connectivity index (χ1v) is 11.3. The van der Waals surface area contributed by atoms with E-state index in [4.69, 9.17) is 20.8 Å². The van der Waals surface area contributed by atoms with Gasteiger partial charge in [-0.1, -0.05) is 24.4 Å². The summed E-state index contributed by atoms with van der Waals surface area (Å²) < 4.78 is 24.9. The molecular formula is C23H23ClFN3O5. The highest BCUT2D eigenvalue weighted by Gasteiger charge is 2.57. The number of nitrogens with zero attached hydrogens (tertiary/aromatic N) is 2. The summed E-state index contributed by atoms with van der Waals surface area (Å²) in [6.45, 7) is -0.318. The van der Waals surface area contributed by atoms with Gasteiger partial charge in [0.25, 0.3) is 5.91 Å². The number of hydrogen-bond donors (Lipinski definition) is 1. The van der Waals surface area contributed by atoms with Crippen LogP contribution in [0, 0.1) is 11.7 Å². The summed E-state index contributed by atoms with van der Waals surface area (Å²) in [6, 6.07) is 6.14. The Balaban J connectivity index is 1.40. The third kappa shape index (κ3) is 4.11. The van der Waals surface area contributed by atoms with Gasteiger partial charge >= 0.3 is 6.03 Å². The zero-order valence-corrected chi connectivity index (χ0v) is 18.5. The summed E-state index contributed by atoms with van der Waals surface area (Å²) in [4.78, 5) is 42.1. The summed E-state index contributed by atoms with van der Waals surface area (Å²) >= 11 is 5.80. The van der Waals surface area contributed by atoms with Gasteiger partial charge in [-0.25, -0.2) is 9.18 Å². The fourth-order valence-electron chi connectivity index (χ4n) is 5.11. The van der Waals surface area contributed by atoms with E-state index < -0.39 is 35.8 Å². The van der Waals surface area contributed by atoms with Gasteiger partial charge in [0.2, 0.25) is 5.91 Å². The minimum atomic E-state index is -0.821. The number of urea groups is 1. The third-order valence-corrected chi connectivity index (χ3v) is 6.87. The largest absolute Gasteiger partial charge is 0.467 e. The molecule has 3 aliphatic rings. The lowest BCUT2D eigenvalue weighted by Gasteiger charge is -2.42. The van der Waals surface area contributed by atoms with Crippen LogP contribution in [0.2, 0.25) is 5.02 Å². The molecule has 10 heteroatoms. The molecule has 174 valence electrons. The van der Waals surface area contributed by atoms with Crippen LogP contribution in [0.5, 0.6) is 0 Å². The third-order valence-electron chi connectivity index (χ3n) is 6.58. The monoisotopic (exact) mass is 475 g/mol. The van der Waals surface area contributed by atoms with Crippen molar-refractivity contribution in [1.29, 1.82) is 0 Å². The van der Waals surface area contributed by atoms with Crippen LogP contribution in [0.1, 0.15) is 31.4 Å². The summed E-state index contributed by atoms with van der Waals surface area (Å²) in [7, 11) is 0. The number of nitrogens with one attached hydrogen (secondary N) is 1. The van der Waals surface area contributed by atoms with Gasteiger partial charge in [-0.2, -0.15) is 0 Å². The summed E-state index contributed by atoms with van der Waals surface area (Å²) in [6.07, 6.45) is 4.18. The van der Waals surface area contributed by atoms with E-state index in [9.17, 15) is 18.8 Å². The lowest BCUT2D eigenvalue weighted by atomic mass is 9.81. The molecule has 0 spiro atoms. The standard InChI is InChI=1S/C23H23ClFN3O5/c24-16-10-13(7-8-17(16)25)26-19(29)12-27-20-15-5-1-2-6-18(15)33-21(20)22(30)28(23(27)31)11-14-4-3-9-32-14/h3-4,7-10,15,18,20-21H,1-2,5-6,11-12H2,(H,26,29). The van der Waals surface area contributed by atoms with Crippen LogP contribution < -0.4 is 5.32 Å². The van der Waals surface area contributed by atoms with Gasteiger partial charge in [-0.15, -0.1) is 0 Å². The van der Waals surface area contributed by atoms with Crippen molar-refractivity contribution >= 4 is 35.1 Å². The second-order valence-electron chi connectivity index (χ2n) is 8.63. The molecule has 4 amide bonds. The Hall–Kier alpha value is -2.91. The topological polar surface area (TPSA) is 92.1 Å². The number of benzene rings is 1. The van der Waals surface area contributed by atoms with Crippen molar-refractivity contribution in [2.24, 2.45) is 5.92 Å². The average Bonchev–Trinajstić information content (AvgIpc) is 3.45. The number of hydrogen-bond acceptors (Lipinski definition) is 5. The van der Waals surface area contributed by atoms with E-state index in [1.165, 1.54) is 23.3 Å². The Morgan fingerprint density at radius 1 is 1.21 bits per heavy atom. The molecule has 1 saturated carbocycles. The minimum Gasteiger partial charge on any atom is -0.467 e. The van der Waals surface area contributed by atoms with Crippen LogP contribution in [0.15, 0.2) is 41.0 Å². The minimum absolute atomic E-state index is 0.00419. The molecule has 2 aliphatic heterocycles. The van der Waals surface area contributed by atoms with Crippen molar-refractivity contribution in [1.82, 2.24) is 9.80 Å². The van der Waals surface area contributed by atoms with Crippen LogP contribution in [-0.2, 0) is 20.9 Å². The van der Waals surface area contributed by atoms with Crippen molar-refractivity contribution in [3.63, 3.8) is 0 Å². The molecule has 2 saturated heterocycles. The molecule has 4 unspecified atom stereocenters. The fourth-order valence-corrected chi connectivity index (χ4v) is 5.29. The molecule has 2 aromatic rings. The maximum absolute atomic E-state index is 13.4. The predicted molar refractivity (Wildman–Crippen MR) is 116 cm³/mol. The Bertz CT molecular complexity index is 1080. The average molecular weight is 476 g/mol. The van der Waals surface area contributed by atoms with Gasteiger partial charge in [0.1, 0.15) is 18.1 Å². The molecule has 33 heavy (non-hydrogen) atoms. The van der Waals surface area contributed by atoms with E-state index >= 15 is 0 Å². The summed E-state index contributed by atoms with van der Waals surface area (Å²) in [5.74, 6) is -1.03. The molecular weight excluding hydrogens is 453 g/mol. The van der Waals surface area contributed by atoms with E-state index in [1.807, 2.05) is 0 Å². The van der Waals surface area contributed by atoms with Crippen LogP contribution >= 0.6 is 11.6 Å². The van der Waals surface area contributed by atoms with E-state index in [0.717, 1.165) is 36.6 Å². The molecule has 3 fully saturated rings. The van der Waals surface area contributed by atoms with Crippen molar-refractivity contribution < 1.29 is 27.9 Å². The zero-order valence-electron chi connectivity index (χ0n) is 17.7. The lowest BCUT2D eigenvalue weighted by Crippen LogP contribution is -2.65. The molecule has 8 nitrogen and oxygen atoms in total. The molecule has 4 atom stereocenters. The SMILES string of the molecule is O=C(CN1C(=O)N(Cc2ccco2)C(=O)C2OC3CCCCC3C21)Nc1ccc(F)c(Cl)c1. The lowest BCUT2D eigenvalue weighted by molar-refractivity contribution is -0.148. The van der Waals surface area contributed by atoms with Crippen molar-refractivity contribution in [2.75, 3.05) is 11.9 Å². The van der Waals surface area contributed by atoms with Gasteiger partial charge in [0.05, 0.1) is 30.0 Å². The van der Waals surface area contributed by atoms with E-state index in [2.05, 4.69) is 5.32 Å². The molecule has 1 aromatic heterocycles. The maximum Gasteiger partial charge on any atom is 0.328 e. The van der Waals surface area contributed by atoms with Crippen LogP contribution in [-0.4, -0.2) is 52.4 Å². The first-order valence-electron chi connectivity index (χ1n) is 11.0. The van der Waals surface area contributed by atoms with E-state index in [1.54, 1.807) is 12.1 Å². The van der Waals surface area contributed by atoms with Gasteiger partial charge in [-0.05, 0) is 43.2 Å². The van der Waals surface area contributed by atoms with Crippen LogP contribution in [0.3, 0.4) is 0 Å². The van der Waals surface area contributed by atoms with Gasteiger partial charge < -0.3 is 19.4 Å². The number of anilines is 1. The van der Waals surface area contributed by atoms with Crippen LogP contribution in [0.25, 0.3) is 0 Å². The van der Waals surface area contributed by atoms with Crippen molar-refractivity contribution in [3.8, 4) is 0 Å². The molecule has 3 heterocycles. The number of fused-ring (bicyclic) bond motifs is 3. The molecule has 1 N–H and O–H groups in total. The molecule has 5 rings (SSSR count). The normalized spacial score (nSPS) is 26.8. The second kappa shape index (κ2) is 8.79. The first-order chi connectivity index (χ1) is 15.9. The van der Waals surface area contributed by atoms with E-state index in [0.29, 0.717) is 11.4 Å². The summed E-state index contributed by atoms with van der Waals surface area (Å²) in [5, 5.41) is 2.54. The number of rotatable bonds is 5. The zero-order chi connectivity index (χ0) is 23.1.